The first-order valence-corrected chi connectivity index (χ1v) is 6.15. The lowest BCUT2D eigenvalue weighted by Crippen LogP contribution is -2.03. The van der Waals surface area contributed by atoms with Crippen LogP contribution in [0.4, 0.5) is 4.39 Å². The lowest BCUT2D eigenvalue weighted by molar-refractivity contribution is 0.214. The first kappa shape index (κ1) is 12.6. The van der Waals surface area contributed by atoms with E-state index in [1.165, 1.54) is 19.2 Å². The van der Waals surface area contributed by atoms with Gasteiger partial charge in [-0.1, -0.05) is 18.2 Å². The summed E-state index contributed by atoms with van der Waals surface area (Å²) < 4.78 is 20.8. The Labute approximate surface area is 115 Å². The van der Waals surface area contributed by atoms with Gasteiger partial charge < -0.3 is 9.84 Å². The van der Waals surface area contributed by atoms with E-state index in [0.717, 1.165) is 5.52 Å². The number of methoxy groups -OCH3 is 1. The van der Waals surface area contributed by atoms with Crippen LogP contribution in [0.3, 0.4) is 0 Å². The van der Waals surface area contributed by atoms with Gasteiger partial charge in [-0.05, 0) is 18.2 Å². The zero-order chi connectivity index (χ0) is 14.1. The van der Waals surface area contributed by atoms with Crippen molar-refractivity contribution in [1.82, 2.24) is 9.61 Å². The number of aliphatic hydroxyl groups is 1. The van der Waals surface area contributed by atoms with E-state index < -0.39 is 11.9 Å². The molecule has 5 heteroatoms. The number of aromatic nitrogens is 2. The Hall–Kier alpha value is -2.40. The summed E-state index contributed by atoms with van der Waals surface area (Å²) in [6.45, 7) is 0. The molecule has 1 unspecified atom stereocenters. The van der Waals surface area contributed by atoms with Crippen LogP contribution >= 0.6 is 0 Å². The summed E-state index contributed by atoms with van der Waals surface area (Å²) in [6, 6.07) is 10.2. The number of hydrogen-bond donors (Lipinski definition) is 1. The van der Waals surface area contributed by atoms with E-state index in [4.69, 9.17) is 4.74 Å². The molecule has 2 heterocycles. The predicted octanol–water partition coefficient (Wildman–Crippen LogP) is 2.56. The topological polar surface area (TPSA) is 46.8 Å². The molecule has 0 saturated carbocycles. The highest BCUT2D eigenvalue weighted by molar-refractivity contribution is 5.56. The minimum absolute atomic E-state index is 0.109. The fourth-order valence-corrected chi connectivity index (χ4v) is 2.23. The summed E-state index contributed by atoms with van der Waals surface area (Å²) in [5.41, 5.74) is 1.46. The van der Waals surface area contributed by atoms with Crippen molar-refractivity contribution in [2.24, 2.45) is 0 Å². The number of rotatable bonds is 3. The number of ether oxygens (including phenoxy) is 1. The Kier molecular flexibility index (Phi) is 3.12. The number of fused-ring (bicyclic) bond motifs is 1. The normalized spacial score (nSPS) is 12.6. The third kappa shape index (κ3) is 1.92. The van der Waals surface area contributed by atoms with Gasteiger partial charge in [-0.3, -0.25) is 0 Å². The molecular formula is C15H13FN2O2. The van der Waals surface area contributed by atoms with Crippen LogP contribution in [0.25, 0.3) is 5.52 Å². The molecule has 1 atom stereocenters. The molecule has 3 rings (SSSR count). The maximum atomic E-state index is 14.2. The molecule has 102 valence electrons. The molecule has 0 fully saturated rings. The standard InChI is InChI=1S/C15H13FN2O2/c1-20-13-7-4-5-10(14(13)16)15(19)11-9-17-18-8-3-2-6-12(11)18/h2-9,15,19H,1H3. The first-order chi connectivity index (χ1) is 9.72. The van der Waals surface area contributed by atoms with Crippen molar-refractivity contribution in [2.75, 3.05) is 7.11 Å². The van der Waals surface area contributed by atoms with Crippen LogP contribution in [0.2, 0.25) is 0 Å². The number of halogens is 1. The lowest BCUT2D eigenvalue weighted by Gasteiger charge is -2.12. The van der Waals surface area contributed by atoms with Crippen LogP contribution in [-0.4, -0.2) is 21.8 Å². The molecule has 0 aliphatic carbocycles. The molecule has 0 spiro atoms. The monoisotopic (exact) mass is 272 g/mol. The van der Waals surface area contributed by atoms with Gasteiger partial charge in [0.15, 0.2) is 11.6 Å². The average Bonchev–Trinajstić information content (AvgIpc) is 2.91. The molecule has 0 amide bonds. The maximum absolute atomic E-state index is 14.2. The molecule has 0 radical (unpaired) electrons. The fourth-order valence-electron chi connectivity index (χ4n) is 2.23. The number of hydrogen-bond acceptors (Lipinski definition) is 3. The molecule has 3 aromatic rings. The fraction of sp³-hybridized carbons (Fsp3) is 0.133. The molecule has 1 aromatic carbocycles. The van der Waals surface area contributed by atoms with Crippen LogP contribution in [0, 0.1) is 5.82 Å². The summed E-state index contributed by atoms with van der Waals surface area (Å²) in [4.78, 5) is 0. The van der Waals surface area contributed by atoms with Crippen molar-refractivity contribution in [1.29, 1.82) is 0 Å². The Morgan fingerprint density at radius 3 is 2.85 bits per heavy atom. The molecular weight excluding hydrogens is 259 g/mol. The van der Waals surface area contributed by atoms with Gasteiger partial charge in [0.05, 0.1) is 18.8 Å². The number of pyridine rings is 1. The van der Waals surface area contributed by atoms with Crippen LogP contribution < -0.4 is 4.74 Å². The van der Waals surface area contributed by atoms with E-state index in [9.17, 15) is 9.50 Å². The van der Waals surface area contributed by atoms with Gasteiger partial charge >= 0.3 is 0 Å². The minimum Gasteiger partial charge on any atom is -0.494 e. The van der Waals surface area contributed by atoms with Crippen LogP contribution in [0.15, 0.2) is 48.8 Å². The molecule has 0 aliphatic rings. The third-order valence-corrected chi connectivity index (χ3v) is 3.26. The van der Waals surface area contributed by atoms with Crippen molar-refractivity contribution in [2.45, 2.75) is 6.10 Å². The van der Waals surface area contributed by atoms with Crippen LogP contribution in [0.5, 0.6) is 5.75 Å². The maximum Gasteiger partial charge on any atom is 0.171 e. The van der Waals surface area contributed by atoms with Crippen molar-refractivity contribution >= 4 is 5.52 Å². The quantitative estimate of drug-likeness (QED) is 0.797. The second kappa shape index (κ2) is 4.94. The Morgan fingerprint density at radius 2 is 2.05 bits per heavy atom. The number of aliphatic hydroxyl groups excluding tert-OH is 1. The molecule has 0 aliphatic heterocycles. The second-order valence-electron chi connectivity index (χ2n) is 4.40. The lowest BCUT2D eigenvalue weighted by atomic mass is 10.0. The highest BCUT2D eigenvalue weighted by atomic mass is 19.1. The highest BCUT2D eigenvalue weighted by Gasteiger charge is 2.20. The van der Waals surface area contributed by atoms with E-state index in [1.54, 1.807) is 23.0 Å². The second-order valence-corrected chi connectivity index (χ2v) is 4.40. The van der Waals surface area contributed by atoms with Gasteiger partial charge in [0.1, 0.15) is 6.10 Å². The van der Waals surface area contributed by atoms with Gasteiger partial charge in [-0.2, -0.15) is 5.10 Å². The first-order valence-electron chi connectivity index (χ1n) is 6.15. The third-order valence-electron chi connectivity index (χ3n) is 3.26. The van der Waals surface area contributed by atoms with Gasteiger partial charge in [0, 0.05) is 17.3 Å². The van der Waals surface area contributed by atoms with E-state index >= 15 is 0 Å². The highest BCUT2D eigenvalue weighted by Crippen LogP contribution is 2.30. The Morgan fingerprint density at radius 1 is 1.20 bits per heavy atom. The summed E-state index contributed by atoms with van der Waals surface area (Å²) in [5.74, 6) is -0.448. The number of nitrogens with zero attached hydrogens (tertiary/aromatic N) is 2. The zero-order valence-corrected chi connectivity index (χ0v) is 10.8. The van der Waals surface area contributed by atoms with E-state index in [-0.39, 0.29) is 11.3 Å². The van der Waals surface area contributed by atoms with Crippen molar-refractivity contribution in [3.8, 4) is 5.75 Å². The van der Waals surface area contributed by atoms with Crippen molar-refractivity contribution in [3.63, 3.8) is 0 Å². The van der Waals surface area contributed by atoms with Crippen LogP contribution in [0.1, 0.15) is 17.2 Å². The predicted molar refractivity (Wildman–Crippen MR) is 72.2 cm³/mol. The minimum atomic E-state index is -1.09. The van der Waals surface area contributed by atoms with Crippen molar-refractivity contribution < 1.29 is 14.2 Å². The smallest absolute Gasteiger partial charge is 0.171 e. The van der Waals surface area contributed by atoms with Crippen molar-refractivity contribution in [3.05, 3.63) is 65.7 Å². The van der Waals surface area contributed by atoms with E-state index in [1.807, 2.05) is 18.2 Å². The largest absolute Gasteiger partial charge is 0.494 e. The summed E-state index contributed by atoms with van der Waals surface area (Å²) in [5, 5.41) is 14.6. The zero-order valence-electron chi connectivity index (χ0n) is 10.8. The average molecular weight is 272 g/mol. The molecule has 1 N–H and O–H groups in total. The molecule has 0 saturated heterocycles. The van der Waals surface area contributed by atoms with Crippen LogP contribution in [-0.2, 0) is 0 Å². The van der Waals surface area contributed by atoms with E-state index in [0.29, 0.717) is 5.56 Å². The SMILES string of the molecule is COc1cccc(C(O)c2cnn3ccccc23)c1F. The molecule has 0 bridgehead atoms. The number of benzene rings is 1. The Balaban J connectivity index is 2.11. The summed E-state index contributed by atoms with van der Waals surface area (Å²) >= 11 is 0. The summed E-state index contributed by atoms with van der Waals surface area (Å²) in [6.07, 6.45) is 2.22. The molecule has 4 nitrogen and oxygen atoms in total. The van der Waals surface area contributed by atoms with Gasteiger partial charge in [-0.15, -0.1) is 0 Å². The Bertz CT molecular complexity index is 754. The van der Waals surface area contributed by atoms with Gasteiger partial charge in [-0.25, -0.2) is 8.91 Å². The molecule has 2 aromatic heterocycles. The summed E-state index contributed by atoms with van der Waals surface area (Å²) in [7, 11) is 1.39. The van der Waals surface area contributed by atoms with Gasteiger partial charge in [0.25, 0.3) is 0 Å². The van der Waals surface area contributed by atoms with E-state index in [2.05, 4.69) is 5.10 Å². The van der Waals surface area contributed by atoms with Gasteiger partial charge in [0.2, 0.25) is 0 Å². The molecule has 20 heavy (non-hydrogen) atoms.